The van der Waals surface area contributed by atoms with Gasteiger partial charge in [-0.05, 0) is 18.6 Å². The highest BCUT2D eigenvalue weighted by Crippen LogP contribution is 2.12. The van der Waals surface area contributed by atoms with Gasteiger partial charge in [0.05, 0.1) is 6.20 Å². The lowest BCUT2D eigenvalue weighted by molar-refractivity contribution is 0.617. The minimum atomic E-state index is -0.478. The van der Waals surface area contributed by atoms with Crippen LogP contribution in [0.2, 0.25) is 0 Å². The van der Waals surface area contributed by atoms with Crippen molar-refractivity contribution in [2.24, 2.45) is 0 Å². The smallest absolute Gasteiger partial charge is 0.224 e. The predicted molar refractivity (Wildman–Crippen MR) is 67.8 cm³/mol. The molecule has 0 amide bonds. The first kappa shape index (κ1) is 12.2. The molecule has 0 saturated heterocycles. The second-order valence-corrected chi connectivity index (χ2v) is 3.80. The number of nitrogens with zero attached hydrogens (tertiary/aromatic N) is 3. The van der Waals surface area contributed by atoms with Gasteiger partial charge in [-0.1, -0.05) is 6.07 Å². The summed E-state index contributed by atoms with van der Waals surface area (Å²) >= 11 is 0. The molecule has 0 aromatic carbocycles. The summed E-state index contributed by atoms with van der Waals surface area (Å²) < 4.78 is 13.4. The number of halogens is 1. The van der Waals surface area contributed by atoms with Crippen molar-refractivity contribution in [3.8, 4) is 0 Å². The molecule has 0 saturated carbocycles. The number of hydrogen-bond donors (Lipinski definition) is 2. The van der Waals surface area contributed by atoms with E-state index < -0.39 is 5.82 Å². The lowest BCUT2D eigenvalue weighted by atomic mass is 10.2. The zero-order chi connectivity index (χ0) is 13.0. The Bertz CT molecular complexity index is 526. The third kappa shape index (κ3) is 2.91. The summed E-state index contributed by atoms with van der Waals surface area (Å²) in [4.78, 5) is 11.9. The first-order valence-corrected chi connectivity index (χ1v) is 5.54. The summed E-state index contributed by atoms with van der Waals surface area (Å²) in [6.45, 7) is 2.38. The van der Waals surface area contributed by atoms with E-state index in [2.05, 4.69) is 25.6 Å². The number of pyridine rings is 1. The van der Waals surface area contributed by atoms with E-state index in [0.717, 1.165) is 17.5 Å². The molecular weight excluding hydrogens is 233 g/mol. The summed E-state index contributed by atoms with van der Waals surface area (Å²) in [6, 6.07) is 3.85. The third-order valence-electron chi connectivity index (χ3n) is 2.40. The highest BCUT2D eigenvalue weighted by atomic mass is 19.1. The van der Waals surface area contributed by atoms with Gasteiger partial charge in [0.25, 0.3) is 0 Å². The lowest BCUT2D eigenvalue weighted by Crippen LogP contribution is -2.07. The first-order valence-electron chi connectivity index (χ1n) is 5.54. The van der Waals surface area contributed by atoms with Crippen LogP contribution in [0.5, 0.6) is 0 Å². The number of aromatic nitrogens is 3. The average Bonchev–Trinajstić information content (AvgIpc) is 2.40. The average molecular weight is 247 g/mol. The van der Waals surface area contributed by atoms with Crippen LogP contribution in [0.15, 0.2) is 24.5 Å². The monoisotopic (exact) mass is 247 g/mol. The molecule has 0 atom stereocenters. The number of hydrogen-bond acceptors (Lipinski definition) is 5. The van der Waals surface area contributed by atoms with E-state index in [4.69, 9.17) is 0 Å². The van der Waals surface area contributed by atoms with Gasteiger partial charge in [0.1, 0.15) is 0 Å². The minimum absolute atomic E-state index is 0.176. The third-order valence-corrected chi connectivity index (χ3v) is 2.40. The second kappa shape index (κ2) is 5.39. The van der Waals surface area contributed by atoms with Gasteiger partial charge in [-0.15, -0.1) is 0 Å². The van der Waals surface area contributed by atoms with Gasteiger partial charge in [0, 0.05) is 25.5 Å². The minimum Gasteiger partial charge on any atom is -0.363 e. The summed E-state index contributed by atoms with van der Waals surface area (Å²) in [7, 11) is 1.68. The lowest BCUT2D eigenvalue weighted by Gasteiger charge is -2.07. The Labute approximate surface area is 105 Å². The van der Waals surface area contributed by atoms with Crippen LogP contribution >= 0.6 is 0 Å². The summed E-state index contributed by atoms with van der Waals surface area (Å²) in [5.74, 6) is 0.0740. The zero-order valence-corrected chi connectivity index (χ0v) is 10.2. The molecule has 0 fully saturated rings. The van der Waals surface area contributed by atoms with Crippen LogP contribution in [0.4, 0.5) is 16.2 Å². The molecule has 0 bridgehead atoms. The molecule has 5 nitrogen and oxygen atoms in total. The van der Waals surface area contributed by atoms with E-state index in [1.807, 2.05) is 19.1 Å². The van der Waals surface area contributed by atoms with E-state index in [1.54, 1.807) is 13.2 Å². The molecule has 2 aromatic heterocycles. The normalized spacial score (nSPS) is 10.2. The van der Waals surface area contributed by atoms with E-state index >= 15 is 0 Å². The van der Waals surface area contributed by atoms with Crippen LogP contribution in [0, 0.1) is 12.7 Å². The SMILES string of the molecule is CNc1ncc(F)c(NCc2ccc(C)nc2)n1. The Morgan fingerprint density at radius 2 is 2.06 bits per heavy atom. The molecule has 2 rings (SSSR count). The van der Waals surface area contributed by atoms with Gasteiger partial charge in [-0.3, -0.25) is 4.98 Å². The molecule has 0 aliphatic heterocycles. The molecule has 94 valence electrons. The maximum Gasteiger partial charge on any atom is 0.224 e. The van der Waals surface area contributed by atoms with Gasteiger partial charge >= 0.3 is 0 Å². The van der Waals surface area contributed by atoms with Crippen molar-refractivity contribution in [2.75, 3.05) is 17.7 Å². The van der Waals surface area contributed by atoms with Gasteiger partial charge in [0.2, 0.25) is 5.95 Å². The number of rotatable bonds is 4. The molecule has 18 heavy (non-hydrogen) atoms. The topological polar surface area (TPSA) is 62.7 Å². The van der Waals surface area contributed by atoms with Gasteiger partial charge in [-0.2, -0.15) is 4.98 Å². The molecule has 2 aromatic rings. The Kier molecular flexibility index (Phi) is 3.66. The van der Waals surface area contributed by atoms with Crippen molar-refractivity contribution in [2.45, 2.75) is 13.5 Å². The summed E-state index contributed by atoms with van der Waals surface area (Å²) in [5, 5.41) is 5.68. The molecule has 0 aliphatic rings. The molecule has 0 aliphatic carbocycles. The fourth-order valence-corrected chi connectivity index (χ4v) is 1.40. The van der Waals surface area contributed by atoms with Gasteiger partial charge in [-0.25, -0.2) is 9.37 Å². The molecule has 6 heteroatoms. The Hall–Kier alpha value is -2.24. The van der Waals surface area contributed by atoms with Crippen molar-refractivity contribution >= 4 is 11.8 Å². The van der Waals surface area contributed by atoms with Crippen LogP contribution in [0.25, 0.3) is 0 Å². The predicted octanol–water partition coefficient (Wildman–Crippen LogP) is 1.97. The van der Waals surface area contributed by atoms with Crippen LogP contribution in [0.3, 0.4) is 0 Å². The van der Waals surface area contributed by atoms with Crippen molar-refractivity contribution in [3.63, 3.8) is 0 Å². The maximum atomic E-state index is 13.4. The van der Waals surface area contributed by atoms with Gasteiger partial charge < -0.3 is 10.6 Å². The summed E-state index contributed by atoms with van der Waals surface area (Å²) in [5.41, 5.74) is 1.91. The van der Waals surface area contributed by atoms with Crippen molar-refractivity contribution < 1.29 is 4.39 Å². The van der Waals surface area contributed by atoms with Crippen LogP contribution in [-0.2, 0) is 6.54 Å². The van der Waals surface area contributed by atoms with Crippen LogP contribution < -0.4 is 10.6 Å². The van der Waals surface area contributed by atoms with Crippen molar-refractivity contribution in [1.29, 1.82) is 0 Å². The van der Waals surface area contributed by atoms with E-state index in [0.29, 0.717) is 12.5 Å². The summed E-state index contributed by atoms with van der Waals surface area (Å²) in [6.07, 6.45) is 2.88. The molecular formula is C12H14FN5. The number of nitrogens with one attached hydrogen (secondary N) is 2. The molecule has 0 radical (unpaired) electrons. The highest BCUT2D eigenvalue weighted by molar-refractivity contribution is 5.41. The largest absolute Gasteiger partial charge is 0.363 e. The van der Waals surface area contributed by atoms with Crippen LogP contribution in [-0.4, -0.2) is 22.0 Å². The number of aryl methyl sites for hydroxylation is 1. The molecule has 0 unspecified atom stereocenters. The Morgan fingerprint density at radius 3 is 2.72 bits per heavy atom. The second-order valence-electron chi connectivity index (χ2n) is 3.80. The Morgan fingerprint density at radius 1 is 1.22 bits per heavy atom. The molecule has 2 N–H and O–H groups in total. The standard InChI is InChI=1S/C12H14FN5/c1-8-3-4-9(5-15-8)6-16-11-10(13)7-17-12(14-2)18-11/h3-5,7H,6H2,1-2H3,(H2,14,16,17,18). The molecule has 2 heterocycles. The van der Waals surface area contributed by atoms with E-state index in [1.165, 1.54) is 0 Å². The quantitative estimate of drug-likeness (QED) is 0.865. The first-order chi connectivity index (χ1) is 8.69. The molecule has 0 spiro atoms. The van der Waals surface area contributed by atoms with E-state index in [-0.39, 0.29) is 5.82 Å². The highest BCUT2D eigenvalue weighted by Gasteiger charge is 2.05. The fraction of sp³-hybridized carbons (Fsp3) is 0.250. The van der Waals surface area contributed by atoms with Gasteiger partial charge in [0.15, 0.2) is 11.6 Å². The van der Waals surface area contributed by atoms with Crippen molar-refractivity contribution in [1.82, 2.24) is 15.0 Å². The zero-order valence-electron chi connectivity index (χ0n) is 10.2. The maximum absolute atomic E-state index is 13.4. The fourth-order valence-electron chi connectivity index (χ4n) is 1.40. The van der Waals surface area contributed by atoms with Crippen LogP contribution in [0.1, 0.15) is 11.3 Å². The Balaban J connectivity index is 2.07. The van der Waals surface area contributed by atoms with Crippen molar-refractivity contribution in [3.05, 3.63) is 41.6 Å². The van der Waals surface area contributed by atoms with E-state index in [9.17, 15) is 4.39 Å². The number of anilines is 2.